The van der Waals surface area contributed by atoms with Crippen LogP contribution in [0.1, 0.15) is 50.9 Å². The average Bonchev–Trinajstić information content (AvgIpc) is 3.00. The number of fused-ring (bicyclic) bond motifs is 1. The van der Waals surface area contributed by atoms with Gasteiger partial charge >= 0.3 is 5.97 Å². The van der Waals surface area contributed by atoms with Gasteiger partial charge in [-0.1, -0.05) is 30.3 Å². The Morgan fingerprint density at radius 2 is 1.59 bits per heavy atom. The molecule has 2 N–H and O–H groups in total. The largest absolute Gasteiger partial charge is 0.459 e. The SMILES string of the molecule is CC1(C)CC(OC(=O)c2ccccc2)CC(C)(C)N1.Sc1nc2ccccc2[nH]1. The highest BCUT2D eigenvalue weighted by atomic mass is 32.1. The highest BCUT2D eigenvalue weighted by Gasteiger charge is 2.39. The zero-order chi connectivity index (χ0) is 21.1. The Kier molecular flexibility index (Phi) is 6.34. The van der Waals surface area contributed by atoms with Gasteiger partial charge in [-0.25, -0.2) is 9.78 Å². The summed E-state index contributed by atoms with van der Waals surface area (Å²) in [4.78, 5) is 19.2. The van der Waals surface area contributed by atoms with Crippen LogP contribution < -0.4 is 5.32 Å². The minimum Gasteiger partial charge on any atom is -0.459 e. The molecule has 2 heterocycles. The summed E-state index contributed by atoms with van der Waals surface area (Å²) in [6.07, 6.45) is 1.66. The number of nitrogens with zero attached hydrogens (tertiary/aromatic N) is 1. The van der Waals surface area contributed by atoms with Crippen LogP contribution in [-0.4, -0.2) is 33.1 Å². The molecule has 0 atom stereocenters. The van der Waals surface area contributed by atoms with Crippen molar-refractivity contribution in [3.05, 3.63) is 60.2 Å². The van der Waals surface area contributed by atoms with Crippen molar-refractivity contribution in [2.24, 2.45) is 0 Å². The third-order valence-corrected chi connectivity index (χ3v) is 5.02. The van der Waals surface area contributed by atoms with Crippen LogP contribution in [0.15, 0.2) is 59.8 Å². The van der Waals surface area contributed by atoms with E-state index >= 15 is 0 Å². The second-order valence-corrected chi connectivity index (χ2v) is 9.20. The molecule has 5 nitrogen and oxygen atoms in total. The lowest BCUT2D eigenvalue weighted by atomic mass is 9.81. The number of ether oxygens (including phenoxy) is 1. The lowest BCUT2D eigenvalue weighted by Gasteiger charge is -2.45. The molecule has 3 aromatic rings. The normalized spacial score (nSPS) is 18.0. The van der Waals surface area contributed by atoms with Crippen LogP contribution in [0.3, 0.4) is 0 Å². The highest BCUT2D eigenvalue weighted by Crippen LogP contribution is 2.30. The first kappa shape index (κ1) is 21.4. The molecular formula is C23H29N3O2S. The lowest BCUT2D eigenvalue weighted by molar-refractivity contribution is -0.00637. The number of carbonyl (C=O) groups is 1. The molecule has 0 aliphatic carbocycles. The quantitative estimate of drug-likeness (QED) is 0.410. The summed E-state index contributed by atoms with van der Waals surface area (Å²) in [6.45, 7) is 8.60. The third kappa shape index (κ3) is 6.08. The second kappa shape index (κ2) is 8.59. The highest BCUT2D eigenvalue weighted by molar-refractivity contribution is 7.80. The van der Waals surface area contributed by atoms with Gasteiger partial charge in [-0.2, -0.15) is 0 Å². The number of H-pyrrole nitrogens is 1. The van der Waals surface area contributed by atoms with E-state index in [4.69, 9.17) is 4.74 Å². The van der Waals surface area contributed by atoms with E-state index < -0.39 is 0 Å². The van der Waals surface area contributed by atoms with E-state index in [9.17, 15) is 4.79 Å². The fourth-order valence-corrected chi connectivity index (χ4v) is 4.27. The maximum Gasteiger partial charge on any atom is 0.338 e. The van der Waals surface area contributed by atoms with Crippen molar-refractivity contribution in [1.82, 2.24) is 15.3 Å². The smallest absolute Gasteiger partial charge is 0.338 e. The number of para-hydroxylation sites is 2. The van der Waals surface area contributed by atoms with Crippen LogP contribution >= 0.6 is 12.6 Å². The van der Waals surface area contributed by atoms with Crippen molar-refractivity contribution in [2.75, 3.05) is 0 Å². The molecule has 154 valence electrons. The number of imidazole rings is 1. The molecule has 0 amide bonds. The Morgan fingerprint density at radius 3 is 2.21 bits per heavy atom. The van der Waals surface area contributed by atoms with E-state index in [1.165, 1.54) is 0 Å². The van der Waals surface area contributed by atoms with Gasteiger partial charge in [0.05, 0.1) is 16.6 Å². The van der Waals surface area contributed by atoms with Gasteiger partial charge in [-0.3, -0.25) is 0 Å². The number of hydrogen-bond acceptors (Lipinski definition) is 5. The Balaban J connectivity index is 0.000000200. The minimum absolute atomic E-state index is 0.0105. The first-order chi connectivity index (χ1) is 13.6. The Morgan fingerprint density at radius 1 is 1.00 bits per heavy atom. The molecule has 0 unspecified atom stereocenters. The first-order valence-corrected chi connectivity index (χ1v) is 10.3. The van der Waals surface area contributed by atoms with Crippen LogP contribution in [0, 0.1) is 0 Å². The van der Waals surface area contributed by atoms with E-state index in [-0.39, 0.29) is 23.2 Å². The monoisotopic (exact) mass is 411 g/mol. The maximum absolute atomic E-state index is 12.1. The average molecular weight is 412 g/mol. The Bertz CT molecular complexity index is 917. The molecule has 4 rings (SSSR count). The van der Waals surface area contributed by atoms with E-state index in [1.54, 1.807) is 12.1 Å². The van der Waals surface area contributed by atoms with Crippen molar-refractivity contribution in [3.8, 4) is 0 Å². The van der Waals surface area contributed by atoms with Crippen LogP contribution in [0.25, 0.3) is 11.0 Å². The van der Waals surface area contributed by atoms with Crippen molar-refractivity contribution < 1.29 is 9.53 Å². The van der Waals surface area contributed by atoms with Gasteiger partial charge in [0.1, 0.15) is 6.10 Å². The molecule has 1 fully saturated rings. The van der Waals surface area contributed by atoms with Crippen LogP contribution in [0.4, 0.5) is 0 Å². The summed E-state index contributed by atoms with van der Waals surface area (Å²) in [6, 6.07) is 17.0. The third-order valence-electron chi connectivity index (χ3n) is 4.81. The number of hydrogen-bond donors (Lipinski definition) is 3. The number of benzene rings is 2. The first-order valence-electron chi connectivity index (χ1n) is 9.83. The summed E-state index contributed by atoms with van der Waals surface area (Å²) in [5, 5.41) is 4.25. The zero-order valence-corrected chi connectivity index (χ0v) is 18.3. The molecule has 1 saturated heterocycles. The number of aromatic nitrogens is 2. The molecule has 1 aliphatic heterocycles. The van der Waals surface area contributed by atoms with Gasteiger partial charge in [0.2, 0.25) is 0 Å². The number of thiol groups is 1. The summed E-state index contributed by atoms with van der Waals surface area (Å²) in [7, 11) is 0. The molecule has 0 saturated carbocycles. The Labute approximate surface area is 177 Å². The van der Waals surface area contributed by atoms with Crippen LogP contribution in [-0.2, 0) is 4.74 Å². The summed E-state index contributed by atoms with van der Waals surface area (Å²) in [5.74, 6) is -0.223. The van der Waals surface area contributed by atoms with Crippen LogP contribution in [0.2, 0.25) is 0 Å². The maximum atomic E-state index is 12.1. The lowest BCUT2D eigenvalue weighted by Crippen LogP contribution is -2.59. The van der Waals surface area contributed by atoms with Gasteiger partial charge in [-0.05, 0) is 52.0 Å². The van der Waals surface area contributed by atoms with Gasteiger partial charge in [0, 0.05) is 23.9 Å². The summed E-state index contributed by atoms with van der Waals surface area (Å²) >= 11 is 4.08. The number of carbonyl (C=O) groups excluding carboxylic acids is 1. The molecule has 1 aromatic heterocycles. The van der Waals surface area contributed by atoms with Crippen molar-refractivity contribution in [3.63, 3.8) is 0 Å². The molecule has 0 radical (unpaired) electrons. The van der Waals surface area contributed by atoms with Gasteiger partial charge in [0.15, 0.2) is 5.16 Å². The van der Waals surface area contributed by atoms with E-state index in [2.05, 4.69) is 55.6 Å². The topological polar surface area (TPSA) is 67.0 Å². The van der Waals surface area contributed by atoms with Gasteiger partial charge in [-0.15, -0.1) is 12.6 Å². The van der Waals surface area contributed by atoms with E-state index in [0.717, 1.165) is 23.9 Å². The fourth-order valence-electron chi connectivity index (χ4n) is 4.04. The van der Waals surface area contributed by atoms with E-state index in [0.29, 0.717) is 10.7 Å². The van der Waals surface area contributed by atoms with Gasteiger partial charge in [0.25, 0.3) is 0 Å². The number of nitrogens with one attached hydrogen (secondary N) is 2. The molecule has 1 aliphatic rings. The predicted molar refractivity (Wildman–Crippen MR) is 120 cm³/mol. The predicted octanol–water partition coefficient (Wildman–Crippen LogP) is 5.00. The van der Waals surface area contributed by atoms with Crippen molar-refractivity contribution in [1.29, 1.82) is 0 Å². The number of rotatable bonds is 2. The molecular weight excluding hydrogens is 382 g/mol. The van der Waals surface area contributed by atoms with Gasteiger partial charge < -0.3 is 15.0 Å². The zero-order valence-electron chi connectivity index (χ0n) is 17.4. The number of esters is 1. The standard InChI is InChI=1S/C16H23NO2.C7H6N2S/c1-15(2)10-13(11-16(3,4)17-15)19-14(18)12-8-6-5-7-9-12;10-7-8-5-3-1-2-4-6(5)9-7/h5-9,13,17H,10-11H2,1-4H3;1-4H,(H2,8,9,10). The molecule has 29 heavy (non-hydrogen) atoms. The molecule has 0 bridgehead atoms. The molecule has 6 heteroatoms. The molecule has 0 spiro atoms. The van der Waals surface area contributed by atoms with E-state index in [1.807, 2.05) is 42.5 Å². The second-order valence-electron chi connectivity index (χ2n) is 8.77. The van der Waals surface area contributed by atoms with Crippen molar-refractivity contribution in [2.45, 2.75) is 62.9 Å². The number of piperidine rings is 1. The fraction of sp³-hybridized carbons (Fsp3) is 0.391. The molecule has 2 aromatic carbocycles. The van der Waals surface area contributed by atoms with Crippen LogP contribution in [0.5, 0.6) is 0 Å². The summed E-state index contributed by atoms with van der Waals surface area (Å²) < 4.78 is 5.67. The van der Waals surface area contributed by atoms with Crippen molar-refractivity contribution >= 4 is 29.6 Å². The summed E-state index contributed by atoms with van der Waals surface area (Å²) in [5.41, 5.74) is 2.60. The minimum atomic E-state index is -0.223. The Hall–Kier alpha value is -2.31. The number of aromatic amines is 1.